The van der Waals surface area contributed by atoms with E-state index in [0.29, 0.717) is 29.4 Å². The standard InChI is InChI=1S/C18H21N5O4/c1-3-4-5-10-27-17(26)14-11(2)19-18-20-21-22-23(18)15(14)12-6-8-13(9-7-12)16(24)25/h6-9,15H,3-5,10H2,1-2H3,(H,24,25)(H,19,20,22)/t15-/m0/s1. The third-order valence-electron chi connectivity index (χ3n) is 4.39. The van der Waals surface area contributed by atoms with Gasteiger partial charge in [-0.1, -0.05) is 37.0 Å². The SMILES string of the molecule is CCCCCOC(=O)C1=C(C)Nc2nnnn2[C@H]1c1ccc(C(=O)O)cc1. The summed E-state index contributed by atoms with van der Waals surface area (Å²) in [5, 5.41) is 23.7. The molecule has 1 aromatic heterocycles. The molecule has 1 aliphatic heterocycles. The summed E-state index contributed by atoms with van der Waals surface area (Å²) in [4.78, 5) is 23.9. The third-order valence-corrected chi connectivity index (χ3v) is 4.39. The van der Waals surface area contributed by atoms with E-state index < -0.39 is 18.0 Å². The zero-order valence-electron chi connectivity index (χ0n) is 15.2. The highest BCUT2D eigenvalue weighted by Crippen LogP contribution is 2.34. The number of carboxylic acids is 1. The second-order valence-corrected chi connectivity index (χ2v) is 6.28. The molecule has 142 valence electrons. The molecule has 0 aliphatic carbocycles. The number of nitrogens with zero attached hydrogens (tertiary/aromatic N) is 4. The van der Waals surface area contributed by atoms with Gasteiger partial charge in [0.1, 0.15) is 6.04 Å². The molecule has 2 heterocycles. The minimum absolute atomic E-state index is 0.161. The Balaban J connectivity index is 1.94. The van der Waals surface area contributed by atoms with E-state index >= 15 is 0 Å². The van der Waals surface area contributed by atoms with Crippen LogP contribution in [0.15, 0.2) is 35.5 Å². The number of aromatic nitrogens is 4. The topological polar surface area (TPSA) is 119 Å². The normalized spacial score (nSPS) is 15.9. The highest BCUT2D eigenvalue weighted by atomic mass is 16.5. The summed E-state index contributed by atoms with van der Waals surface area (Å²) in [5.41, 5.74) is 1.85. The smallest absolute Gasteiger partial charge is 0.338 e. The molecule has 2 N–H and O–H groups in total. The van der Waals surface area contributed by atoms with Crippen LogP contribution < -0.4 is 5.32 Å². The third kappa shape index (κ3) is 3.81. The number of ether oxygens (including phenoxy) is 1. The average molecular weight is 371 g/mol. The Morgan fingerprint density at radius 1 is 1.26 bits per heavy atom. The quantitative estimate of drug-likeness (QED) is 0.562. The number of carbonyl (C=O) groups excluding carboxylic acids is 1. The Morgan fingerprint density at radius 2 is 2.00 bits per heavy atom. The van der Waals surface area contributed by atoms with E-state index in [1.165, 1.54) is 16.8 Å². The van der Waals surface area contributed by atoms with Crippen molar-refractivity contribution in [1.29, 1.82) is 0 Å². The number of rotatable bonds is 7. The molecule has 0 amide bonds. The molecule has 3 rings (SSSR count). The van der Waals surface area contributed by atoms with Gasteiger partial charge in [-0.15, -0.1) is 0 Å². The van der Waals surface area contributed by atoms with E-state index in [1.54, 1.807) is 19.1 Å². The first-order valence-corrected chi connectivity index (χ1v) is 8.79. The number of esters is 1. The molecule has 1 atom stereocenters. The van der Waals surface area contributed by atoms with Crippen molar-refractivity contribution >= 4 is 17.9 Å². The highest BCUT2D eigenvalue weighted by Gasteiger charge is 2.34. The number of aromatic carboxylic acids is 1. The van der Waals surface area contributed by atoms with E-state index in [0.717, 1.165) is 19.3 Å². The molecule has 0 spiro atoms. The van der Waals surface area contributed by atoms with Crippen LogP contribution in [0.1, 0.15) is 55.1 Å². The Hall–Kier alpha value is -3.23. The monoisotopic (exact) mass is 371 g/mol. The van der Waals surface area contributed by atoms with E-state index in [4.69, 9.17) is 9.84 Å². The van der Waals surface area contributed by atoms with Gasteiger partial charge in [-0.3, -0.25) is 0 Å². The number of anilines is 1. The maximum atomic E-state index is 12.8. The molecule has 1 aliphatic rings. The van der Waals surface area contributed by atoms with Gasteiger partial charge in [0, 0.05) is 5.70 Å². The van der Waals surface area contributed by atoms with Crippen molar-refractivity contribution in [2.24, 2.45) is 0 Å². The van der Waals surface area contributed by atoms with E-state index in [2.05, 4.69) is 27.8 Å². The molecule has 0 bridgehead atoms. The zero-order chi connectivity index (χ0) is 19.4. The van der Waals surface area contributed by atoms with Crippen molar-refractivity contribution in [2.75, 3.05) is 11.9 Å². The van der Waals surface area contributed by atoms with Crippen molar-refractivity contribution in [3.05, 3.63) is 46.7 Å². The molecule has 0 saturated heterocycles. The lowest BCUT2D eigenvalue weighted by Gasteiger charge is -2.27. The van der Waals surface area contributed by atoms with Crippen LogP contribution in [0.3, 0.4) is 0 Å². The summed E-state index contributed by atoms with van der Waals surface area (Å²) in [7, 11) is 0. The van der Waals surface area contributed by atoms with Crippen LogP contribution in [0.4, 0.5) is 5.95 Å². The first-order chi connectivity index (χ1) is 13.0. The molecule has 2 aromatic rings. The molecular weight excluding hydrogens is 350 g/mol. The maximum Gasteiger partial charge on any atom is 0.338 e. The number of benzene rings is 1. The highest BCUT2D eigenvalue weighted by molar-refractivity contribution is 5.92. The predicted molar refractivity (Wildman–Crippen MR) is 96.2 cm³/mol. The van der Waals surface area contributed by atoms with Crippen molar-refractivity contribution < 1.29 is 19.4 Å². The van der Waals surface area contributed by atoms with Gasteiger partial charge in [0.25, 0.3) is 0 Å². The summed E-state index contributed by atoms with van der Waals surface area (Å²) < 4.78 is 6.94. The van der Waals surface area contributed by atoms with E-state index in [1.807, 2.05) is 0 Å². The zero-order valence-corrected chi connectivity index (χ0v) is 15.2. The van der Waals surface area contributed by atoms with Gasteiger partial charge in [0.05, 0.1) is 17.7 Å². The average Bonchev–Trinajstić information content (AvgIpc) is 3.12. The molecule has 1 aromatic carbocycles. The summed E-state index contributed by atoms with van der Waals surface area (Å²) in [5.74, 6) is -1.05. The summed E-state index contributed by atoms with van der Waals surface area (Å²) in [6.07, 6.45) is 2.82. The Kier molecular flexibility index (Phi) is 5.49. The van der Waals surface area contributed by atoms with Crippen molar-refractivity contribution in [3.8, 4) is 0 Å². The van der Waals surface area contributed by atoms with Gasteiger partial charge >= 0.3 is 11.9 Å². The molecule has 9 heteroatoms. The molecule has 9 nitrogen and oxygen atoms in total. The minimum Gasteiger partial charge on any atom is -0.478 e. The Morgan fingerprint density at radius 3 is 2.67 bits per heavy atom. The summed E-state index contributed by atoms with van der Waals surface area (Å²) >= 11 is 0. The van der Waals surface area contributed by atoms with Crippen molar-refractivity contribution in [2.45, 2.75) is 39.2 Å². The maximum absolute atomic E-state index is 12.8. The first kappa shape index (κ1) is 18.6. The molecule has 0 unspecified atom stereocenters. The number of unbranched alkanes of at least 4 members (excludes halogenated alkanes) is 2. The fourth-order valence-electron chi connectivity index (χ4n) is 2.99. The van der Waals surface area contributed by atoms with Crippen LogP contribution in [-0.4, -0.2) is 43.9 Å². The number of hydrogen-bond acceptors (Lipinski definition) is 7. The Labute approximate surface area is 156 Å². The second-order valence-electron chi connectivity index (χ2n) is 6.28. The van der Waals surface area contributed by atoms with Crippen LogP contribution in [0.25, 0.3) is 0 Å². The lowest BCUT2D eigenvalue weighted by molar-refractivity contribution is -0.139. The van der Waals surface area contributed by atoms with Gasteiger partial charge in [-0.2, -0.15) is 4.68 Å². The lowest BCUT2D eigenvalue weighted by Crippen LogP contribution is -2.30. The largest absolute Gasteiger partial charge is 0.478 e. The van der Waals surface area contributed by atoms with Gasteiger partial charge in [-0.05, 0) is 41.5 Å². The summed E-state index contributed by atoms with van der Waals surface area (Å²) in [6, 6.07) is 5.69. The van der Waals surface area contributed by atoms with Crippen molar-refractivity contribution in [3.63, 3.8) is 0 Å². The van der Waals surface area contributed by atoms with Crippen LogP contribution in [0.5, 0.6) is 0 Å². The molecule has 27 heavy (non-hydrogen) atoms. The summed E-state index contributed by atoms with van der Waals surface area (Å²) in [6.45, 7) is 4.19. The number of tetrazole rings is 1. The number of nitrogens with one attached hydrogen (secondary N) is 1. The lowest BCUT2D eigenvalue weighted by atomic mass is 9.95. The van der Waals surface area contributed by atoms with Gasteiger partial charge in [0.15, 0.2) is 0 Å². The van der Waals surface area contributed by atoms with Crippen molar-refractivity contribution in [1.82, 2.24) is 20.2 Å². The van der Waals surface area contributed by atoms with Crippen LogP contribution >= 0.6 is 0 Å². The number of carbonyl (C=O) groups is 2. The van der Waals surface area contributed by atoms with E-state index in [-0.39, 0.29) is 5.56 Å². The number of fused-ring (bicyclic) bond motifs is 1. The van der Waals surface area contributed by atoms with Gasteiger partial charge in [-0.25, -0.2) is 9.59 Å². The second kappa shape index (κ2) is 7.98. The van der Waals surface area contributed by atoms with Gasteiger partial charge < -0.3 is 15.2 Å². The van der Waals surface area contributed by atoms with Crippen LogP contribution in [-0.2, 0) is 9.53 Å². The van der Waals surface area contributed by atoms with Crippen LogP contribution in [0.2, 0.25) is 0 Å². The number of allylic oxidation sites excluding steroid dienone is 1. The minimum atomic E-state index is -1.02. The predicted octanol–water partition coefficient (Wildman–Crippen LogP) is 2.39. The molecular formula is C18H21N5O4. The molecule has 0 radical (unpaired) electrons. The van der Waals surface area contributed by atoms with Gasteiger partial charge in [0.2, 0.25) is 5.95 Å². The molecule has 0 fully saturated rings. The fourth-order valence-corrected chi connectivity index (χ4v) is 2.99. The number of carboxylic acid groups (broad SMARTS) is 1. The first-order valence-electron chi connectivity index (χ1n) is 8.79. The fraction of sp³-hybridized carbons (Fsp3) is 0.389. The number of hydrogen-bond donors (Lipinski definition) is 2. The Bertz CT molecular complexity index is 872. The van der Waals surface area contributed by atoms with Crippen LogP contribution in [0, 0.1) is 0 Å². The van der Waals surface area contributed by atoms with E-state index in [9.17, 15) is 9.59 Å². The molecule has 0 saturated carbocycles.